The lowest BCUT2D eigenvalue weighted by Gasteiger charge is -2.17. The van der Waals surface area contributed by atoms with Crippen molar-refractivity contribution in [3.05, 3.63) is 90.0 Å². The highest BCUT2D eigenvalue weighted by Crippen LogP contribution is 2.30. The van der Waals surface area contributed by atoms with Gasteiger partial charge in [0.1, 0.15) is 0 Å². The summed E-state index contributed by atoms with van der Waals surface area (Å²) in [7, 11) is -3.08. The summed E-state index contributed by atoms with van der Waals surface area (Å²) in [6.07, 6.45) is 0. The molecule has 1 atom stereocenters. The summed E-state index contributed by atoms with van der Waals surface area (Å²) in [5.74, 6) is -1.23. The Morgan fingerprint density at radius 2 is 1.52 bits per heavy atom. The lowest BCUT2D eigenvalue weighted by molar-refractivity contribution is -0.129. The molecule has 0 radical (unpaired) electrons. The van der Waals surface area contributed by atoms with E-state index in [9.17, 15) is 18.4 Å². The van der Waals surface area contributed by atoms with Crippen molar-refractivity contribution in [2.45, 2.75) is 5.92 Å². The molecule has 0 aliphatic rings. The van der Waals surface area contributed by atoms with Gasteiger partial charge in [-0.1, -0.05) is 66.7 Å². The number of amides is 1. The maximum absolute atomic E-state index is 12.3. The standard InChI is InChI=1S/C21H20N2O5S/c1-23(29(26,27)28)19-12-10-15(11-13-19)17-8-5-9-18(14-17)20(21(24)22-25)16-6-3-2-4-7-16/h2-14,20,25H,1H3,(H,22,24)(H,26,27,28). The third-order valence-corrected chi connectivity index (χ3v) is 5.54. The smallest absolute Gasteiger partial charge is 0.289 e. The van der Waals surface area contributed by atoms with E-state index in [0.717, 1.165) is 21.0 Å². The Morgan fingerprint density at radius 1 is 0.897 bits per heavy atom. The highest BCUT2D eigenvalue weighted by atomic mass is 32.2. The number of hydrogen-bond donors (Lipinski definition) is 3. The minimum absolute atomic E-state index is 0.314. The van der Waals surface area contributed by atoms with E-state index in [-0.39, 0.29) is 0 Å². The molecule has 0 fully saturated rings. The maximum atomic E-state index is 12.3. The molecule has 3 aromatic rings. The molecule has 0 aliphatic carbocycles. The van der Waals surface area contributed by atoms with E-state index < -0.39 is 22.1 Å². The molecule has 8 heteroatoms. The van der Waals surface area contributed by atoms with Crippen LogP contribution >= 0.6 is 0 Å². The van der Waals surface area contributed by atoms with Gasteiger partial charge >= 0.3 is 10.3 Å². The first kappa shape index (κ1) is 20.5. The van der Waals surface area contributed by atoms with Crippen molar-refractivity contribution in [2.24, 2.45) is 0 Å². The van der Waals surface area contributed by atoms with E-state index in [2.05, 4.69) is 0 Å². The van der Waals surface area contributed by atoms with Crippen LogP contribution in [0.5, 0.6) is 0 Å². The van der Waals surface area contributed by atoms with Gasteiger partial charge in [-0.3, -0.25) is 18.9 Å². The number of rotatable bonds is 6. The summed E-state index contributed by atoms with van der Waals surface area (Å²) in [5.41, 5.74) is 5.09. The van der Waals surface area contributed by atoms with Gasteiger partial charge in [0.2, 0.25) is 0 Å². The fraction of sp³-hybridized carbons (Fsp3) is 0.0952. The molecule has 150 valence electrons. The topological polar surface area (TPSA) is 107 Å². The van der Waals surface area contributed by atoms with Crippen LogP contribution in [-0.4, -0.2) is 31.1 Å². The van der Waals surface area contributed by atoms with Crippen LogP contribution < -0.4 is 9.79 Å². The molecule has 3 rings (SSSR count). The quantitative estimate of drug-likeness (QED) is 0.327. The van der Waals surface area contributed by atoms with Crippen molar-refractivity contribution in [2.75, 3.05) is 11.4 Å². The van der Waals surface area contributed by atoms with Crippen LogP contribution in [0, 0.1) is 0 Å². The third-order valence-electron chi connectivity index (χ3n) is 4.64. The van der Waals surface area contributed by atoms with Gasteiger partial charge in [0, 0.05) is 7.05 Å². The van der Waals surface area contributed by atoms with E-state index in [0.29, 0.717) is 11.3 Å². The zero-order valence-corrected chi connectivity index (χ0v) is 16.4. The van der Waals surface area contributed by atoms with Crippen LogP contribution in [-0.2, 0) is 15.1 Å². The minimum Gasteiger partial charge on any atom is -0.289 e. The first-order valence-corrected chi connectivity index (χ1v) is 10.1. The number of anilines is 1. The first-order valence-electron chi connectivity index (χ1n) is 8.72. The second-order valence-corrected chi connectivity index (χ2v) is 7.88. The largest absolute Gasteiger partial charge is 0.359 e. The minimum atomic E-state index is -4.33. The fourth-order valence-electron chi connectivity index (χ4n) is 3.10. The van der Waals surface area contributed by atoms with Crippen LogP contribution in [0.25, 0.3) is 11.1 Å². The second kappa shape index (κ2) is 8.44. The van der Waals surface area contributed by atoms with E-state index in [1.165, 1.54) is 7.05 Å². The highest BCUT2D eigenvalue weighted by Gasteiger charge is 2.22. The van der Waals surface area contributed by atoms with Gasteiger partial charge in [0.25, 0.3) is 5.91 Å². The summed E-state index contributed by atoms with van der Waals surface area (Å²) in [5, 5.41) is 9.19. The van der Waals surface area contributed by atoms with Crippen molar-refractivity contribution in [1.29, 1.82) is 0 Å². The number of hydroxylamine groups is 1. The Hall–Kier alpha value is -3.20. The Morgan fingerprint density at radius 3 is 2.10 bits per heavy atom. The van der Waals surface area contributed by atoms with Crippen LogP contribution in [0.1, 0.15) is 17.0 Å². The van der Waals surface area contributed by atoms with Crippen molar-refractivity contribution in [3.63, 3.8) is 0 Å². The summed E-state index contributed by atoms with van der Waals surface area (Å²) in [6.45, 7) is 0. The van der Waals surface area contributed by atoms with Crippen molar-refractivity contribution in [3.8, 4) is 11.1 Å². The average Bonchev–Trinajstić information content (AvgIpc) is 2.73. The number of nitrogens with zero attached hydrogens (tertiary/aromatic N) is 1. The van der Waals surface area contributed by atoms with Gasteiger partial charge in [-0.15, -0.1) is 0 Å². The van der Waals surface area contributed by atoms with E-state index >= 15 is 0 Å². The second-order valence-electron chi connectivity index (χ2n) is 6.44. The Bertz CT molecular complexity index is 1100. The van der Waals surface area contributed by atoms with Crippen molar-refractivity contribution >= 4 is 21.9 Å². The molecule has 1 unspecified atom stereocenters. The molecule has 0 aromatic heterocycles. The lowest BCUT2D eigenvalue weighted by Crippen LogP contribution is -2.27. The zero-order chi connectivity index (χ0) is 21.0. The monoisotopic (exact) mass is 412 g/mol. The lowest BCUT2D eigenvalue weighted by atomic mass is 9.89. The number of nitrogens with one attached hydrogen (secondary N) is 1. The van der Waals surface area contributed by atoms with Gasteiger partial charge < -0.3 is 0 Å². The Kier molecular flexibility index (Phi) is 5.97. The van der Waals surface area contributed by atoms with Gasteiger partial charge in [-0.05, 0) is 34.4 Å². The van der Waals surface area contributed by atoms with Crippen molar-refractivity contribution in [1.82, 2.24) is 5.48 Å². The molecule has 7 nitrogen and oxygen atoms in total. The van der Waals surface area contributed by atoms with E-state index in [4.69, 9.17) is 4.55 Å². The molecule has 0 heterocycles. The summed E-state index contributed by atoms with van der Waals surface area (Å²) in [6, 6.07) is 23.0. The normalized spacial score (nSPS) is 12.2. The molecule has 1 amide bonds. The molecule has 0 spiro atoms. The Balaban J connectivity index is 1.97. The van der Waals surface area contributed by atoms with E-state index in [1.807, 2.05) is 48.5 Å². The Labute approximate surface area is 169 Å². The number of carbonyl (C=O) groups excluding carboxylic acids is 1. The SMILES string of the molecule is CN(c1ccc(-c2cccc(C(C(=O)NO)c3ccccc3)c2)cc1)S(=O)(=O)O. The molecule has 29 heavy (non-hydrogen) atoms. The van der Waals surface area contributed by atoms with Crippen LogP contribution in [0.15, 0.2) is 78.9 Å². The van der Waals surface area contributed by atoms with Gasteiger partial charge in [0.05, 0.1) is 11.6 Å². The number of hydrogen-bond acceptors (Lipinski definition) is 4. The highest BCUT2D eigenvalue weighted by molar-refractivity contribution is 7.87. The molecule has 3 N–H and O–H groups in total. The molecular formula is C21H20N2O5S. The molecular weight excluding hydrogens is 392 g/mol. The molecule has 0 aliphatic heterocycles. The third kappa shape index (κ3) is 4.62. The fourth-order valence-corrected chi connectivity index (χ4v) is 3.49. The van der Waals surface area contributed by atoms with E-state index in [1.54, 1.807) is 35.8 Å². The predicted octanol–water partition coefficient (Wildman–Crippen LogP) is 3.23. The van der Waals surface area contributed by atoms with Gasteiger partial charge in [0.15, 0.2) is 0 Å². The molecule has 3 aromatic carbocycles. The summed E-state index contributed by atoms with van der Waals surface area (Å²) in [4.78, 5) is 12.3. The first-order chi connectivity index (χ1) is 13.8. The summed E-state index contributed by atoms with van der Waals surface area (Å²) < 4.78 is 32.4. The molecule has 0 saturated heterocycles. The van der Waals surface area contributed by atoms with Crippen LogP contribution in [0.4, 0.5) is 5.69 Å². The summed E-state index contributed by atoms with van der Waals surface area (Å²) >= 11 is 0. The van der Waals surface area contributed by atoms with Gasteiger partial charge in [-0.25, -0.2) is 5.48 Å². The molecule has 0 bridgehead atoms. The maximum Gasteiger partial charge on any atom is 0.359 e. The van der Waals surface area contributed by atoms with Crippen LogP contribution in [0.2, 0.25) is 0 Å². The van der Waals surface area contributed by atoms with Gasteiger partial charge in [-0.2, -0.15) is 8.42 Å². The van der Waals surface area contributed by atoms with Crippen molar-refractivity contribution < 1.29 is 23.0 Å². The number of benzene rings is 3. The zero-order valence-electron chi connectivity index (χ0n) is 15.6. The van der Waals surface area contributed by atoms with Crippen LogP contribution in [0.3, 0.4) is 0 Å². The molecule has 0 saturated carbocycles. The number of carbonyl (C=O) groups is 1. The average molecular weight is 412 g/mol. The predicted molar refractivity (Wildman–Crippen MR) is 110 cm³/mol.